The summed E-state index contributed by atoms with van der Waals surface area (Å²) in [5, 5.41) is 4.79. The van der Waals surface area contributed by atoms with E-state index in [4.69, 9.17) is 16.3 Å². The number of benzene rings is 2. The predicted octanol–water partition coefficient (Wildman–Crippen LogP) is 5.66. The highest BCUT2D eigenvalue weighted by Gasteiger charge is 2.42. The monoisotopic (exact) mass is 507 g/mol. The van der Waals surface area contributed by atoms with Crippen LogP contribution < -0.4 is 10.1 Å². The fourth-order valence-electron chi connectivity index (χ4n) is 5.68. The van der Waals surface area contributed by atoms with Gasteiger partial charge in [-0.25, -0.2) is 0 Å². The molecule has 7 heteroatoms. The minimum atomic E-state index is -0.456. The smallest absolute Gasteiger partial charge is 0.270 e. The maximum absolute atomic E-state index is 13.5. The second-order valence-electron chi connectivity index (χ2n) is 10.4. The molecule has 1 fully saturated rings. The molecule has 2 aromatic carbocycles. The van der Waals surface area contributed by atoms with Gasteiger partial charge in [0.05, 0.1) is 22.0 Å². The number of nitrogens with one attached hydrogen (secondary N) is 2. The lowest BCUT2D eigenvalue weighted by molar-refractivity contribution is -0.135. The molecule has 2 amide bonds. The van der Waals surface area contributed by atoms with Crippen molar-refractivity contribution in [2.24, 2.45) is 5.41 Å². The van der Waals surface area contributed by atoms with Crippen LogP contribution in [0.4, 0.5) is 0 Å². The van der Waals surface area contributed by atoms with Gasteiger partial charge in [-0.2, -0.15) is 0 Å². The zero-order chi connectivity index (χ0) is 25.3. The lowest BCUT2D eigenvalue weighted by Gasteiger charge is -2.41. The molecule has 1 aromatic heterocycles. The molecular weight excluding hydrogens is 474 g/mol. The molecule has 0 bridgehead atoms. The third kappa shape index (κ3) is 4.71. The van der Waals surface area contributed by atoms with Crippen molar-refractivity contribution in [1.82, 2.24) is 15.2 Å². The van der Waals surface area contributed by atoms with E-state index in [-0.39, 0.29) is 17.9 Å². The molecule has 0 saturated carbocycles. The summed E-state index contributed by atoms with van der Waals surface area (Å²) in [6.07, 6.45) is 5.06. The highest BCUT2D eigenvalue weighted by Crippen LogP contribution is 2.39. The molecule has 6 nitrogen and oxygen atoms in total. The zero-order valence-electron chi connectivity index (χ0n) is 21.0. The number of piperidine rings is 1. The molecule has 0 radical (unpaired) electrons. The maximum atomic E-state index is 13.5. The third-order valence-electron chi connectivity index (χ3n) is 7.94. The first-order chi connectivity index (χ1) is 17.4. The average molecular weight is 508 g/mol. The van der Waals surface area contributed by atoms with Crippen LogP contribution in [0.3, 0.4) is 0 Å². The van der Waals surface area contributed by atoms with Crippen molar-refractivity contribution in [3.63, 3.8) is 0 Å². The predicted molar refractivity (Wildman–Crippen MR) is 143 cm³/mol. The number of likely N-dealkylation sites (tertiary alicyclic amines) is 1. The number of H-pyrrole nitrogens is 1. The lowest BCUT2D eigenvalue weighted by atomic mass is 9.73. The number of carbonyl (C=O) groups excluding carboxylic acids is 2. The van der Waals surface area contributed by atoms with Gasteiger partial charge in [0.2, 0.25) is 5.91 Å². The third-order valence-corrected chi connectivity index (χ3v) is 8.25. The number of carbonyl (C=O) groups is 2. The molecule has 2 aliphatic heterocycles. The maximum Gasteiger partial charge on any atom is 0.270 e. The summed E-state index contributed by atoms with van der Waals surface area (Å²) < 4.78 is 6.06. The van der Waals surface area contributed by atoms with E-state index in [9.17, 15) is 9.59 Å². The molecule has 36 heavy (non-hydrogen) atoms. The molecule has 1 atom stereocenters. The molecule has 1 saturated heterocycles. The minimum absolute atomic E-state index is 0.0263. The number of rotatable bonds is 1. The van der Waals surface area contributed by atoms with Crippen molar-refractivity contribution in [2.75, 3.05) is 19.7 Å². The summed E-state index contributed by atoms with van der Waals surface area (Å²) in [4.78, 5) is 32.1. The molecule has 190 valence electrons. The summed E-state index contributed by atoms with van der Waals surface area (Å²) in [6, 6.07) is 13.8. The fourth-order valence-corrected chi connectivity index (χ4v) is 5.90. The van der Waals surface area contributed by atoms with E-state index in [0.29, 0.717) is 43.3 Å². The summed E-state index contributed by atoms with van der Waals surface area (Å²) in [7, 11) is 0. The fraction of sp³-hybridized carbons (Fsp3) is 0.448. The molecule has 3 heterocycles. The van der Waals surface area contributed by atoms with E-state index < -0.39 is 5.41 Å². The summed E-state index contributed by atoms with van der Waals surface area (Å²) in [6.45, 7) is 5.49. The van der Waals surface area contributed by atoms with Crippen LogP contribution >= 0.6 is 11.6 Å². The topological polar surface area (TPSA) is 74.4 Å². The molecule has 5 rings (SSSR count). The number of aromatic nitrogens is 1. The molecule has 3 aromatic rings. The highest BCUT2D eigenvalue weighted by atomic mass is 35.5. The first kappa shape index (κ1) is 24.7. The number of nitrogens with zero attached hydrogens (tertiary/aromatic N) is 1. The quantitative estimate of drug-likeness (QED) is 0.446. The average Bonchev–Trinajstić information content (AvgIpc) is 3.23. The number of para-hydroxylation sites is 2. The van der Waals surface area contributed by atoms with E-state index >= 15 is 0 Å². The van der Waals surface area contributed by atoms with E-state index in [1.807, 2.05) is 49.1 Å². The van der Waals surface area contributed by atoms with Gasteiger partial charge in [0.1, 0.15) is 18.1 Å². The normalized spacial score (nSPS) is 20.7. The molecular formula is C29H34ClN3O3. The van der Waals surface area contributed by atoms with Gasteiger partial charge in [-0.15, -0.1) is 0 Å². The van der Waals surface area contributed by atoms with Crippen LogP contribution in [0.15, 0.2) is 42.5 Å². The van der Waals surface area contributed by atoms with Gasteiger partial charge >= 0.3 is 0 Å². The first-order valence-corrected chi connectivity index (χ1v) is 13.3. The molecule has 0 unspecified atom stereocenters. The number of ether oxygens (including phenoxy) is 1. The number of aromatic amines is 1. The van der Waals surface area contributed by atoms with Crippen molar-refractivity contribution in [3.8, 4) is 5.75 Å². The Morgan fingerprint density at radius 2 is 1.86 bits per heavy atom. The summed E-state index contributed by atoms with van der Waals surface area (Å²) >= 11 is 6.35. The van der Waals surface area contributed by atoms with Crippen LogP contribution in [0.1, 0.15) is 60.6 Å². The number of hydrogen-bond acceptors (Lipinski definition) is 3. The van der Waals surface area contributed by atoms with Crippen molar-refractivity contribution in [3.05, 3.63) is 64.3 Å². The number of hydrogen-bond donors (Lipinski definition) is 2. The van der Waals surface area contributed by atoms with Crippen LogP contribution in [0, 0.1) is 12.3 Å². The Morgan fingerprint density at radius 1 is 1.08 bits per heavy atom. The Kier molecular flexibility index (Phi) is 6.98. The Morgan fingerprint density at radius 3 is 2.64 bits per heavy atom. The standard InChI is InChI=1S/C29H34ClN3O3/c1-19-18-36-24-12-4-3-8-21(24)9-5-6-13-29(28(35)31-19)14-16-33(17-15-29)27(34)25-20(2)22-10-7-11-23(30)26(22)32-25/h3-4,7-8,10-12,19,32H,5-6,9,13-18H2,1-2H3,(H,31,35)/t19-/m0/s1. The van der Waals surface area contributed by atoms with E-state index in [1.165, 1.54) is 5.56 Å². The Balaban J connectivity index is 1.31. The SMILES string of the molecule is Cc1c(C(=O)N2CCC3(CCCCc4ccccc4OC[C@H](C)NC3=O)CC2)[nH]c2c(Cl)cccc12. The van der Waals surface area contributed by atoms with Crippen LogP contribution in [-0.4, -0.2) is 47.4 Å². The van der Waals surface area contributed by atoms with E-state index in [1.54, 1.807) is 0 Å². The number of fused-ring (bicyclic) bond motifs is 2. The van der Waals surface area contributed by atoms with Crippen LogP contribution in [-0.2, 0) is 11.2 Å². The van der Waals surface area contributed by atoms with Crippen molar-refractivity contribution in [1.29, 1.82) is 0 Å². The van der Waals surface area contributed by atoms with Crippen LogP contribution in [0.25, 0.3) is 10.9 Å². The van der Waals surface area contributed by atoms with E-state index in [2.05, 4.69) is 22.4 Å². The van der Waals surface area contributed by atoms with Crippen molar-refractivity contribution in [2.45, 2.75) is 58.4 Å². The van der Waals surface area contributed by atoms with Gasteiger partial charge in [0.15, 0.2) is 0 Å². The summed E-state index contributed by atoms with van der Waals surface area (Å²) in [5.74, 6) is 0.976. The molecule has 2 N–H and O–H groups in total. The van der Waals surface area contributed by atoms with Gasteiger partial charge in [-0.3, -0.25) is 9.59 Å². The van der Waals surface area contributed by atoms with Crippen molar-refractivity contribution >= 4 is 34.3 Å². The summed E-state index contributed by atoms with van der Waals surface area (Å²) in [5.41, 5.74) is 3.06. The second kappa shape index (κ2) is 10.2. The number of halogens is 1. The Labute approximate surface area is 217 Å². The zero-order valence-corrected chi connectivity index (χ0v) is 21.8. The van der Waals surface area contributed by atoms with Gasteiger partial charge in [-0.05, 0) is 69.2 Å². The van der Waals surface area contributed by atoms with Gasteiger partial charge in [0, 0.05) is 18.5 Å². The minimum Gasteiger partial charge on any atom is -0.491 e. The van der Waals surface area contributed by atoms with Crippen molar-refractivity contribution < 1.29 is 14.3 Å². The molecule has 2 aliphatic rings. The van der Waals surface area contributed by atoms with Gasteiger partial charge < -0.3 is 19.9 Å². The molecule has 1 spiro atoms. The van der Waals surface area contributed by atoms with E-state index in [0.717, 1.165) is 47.9 Å². The second-order valence-corrected chi connectivity index (χ2v) is 10.8. The first-order valence-electron chi connectivity index (χ1n) is 13.0. The van der Waals surface area contributed by atoms with Crippen LogP contribution in [0.2, 0.25) is 5.02 Å². The lowest BCUT2D eigenvalue weighted by Crippen LogP contribution is -2.52. The van der Waals surface area contributed by atoms with Gasteiger partial charge in [-0.1, -0.05) is 48.4 Å². The Hall–Kier alpha value is -2.99. The molecule has 0 aliphatic carbocycles. The highest BCUT2D eigenvalue weighted by molar-refractivity contribution is 6.35. The van der Waals surface area contributed by atoms with Crippen LogP contribution in [0.5, 0.6) is 5.75 Å². The Bertz CT molecular complexity index is 1280. The van der Waals surface area contributed by atoms with Gasteiger partial charge in [0.25, 0.3) is 5.91 Å². The number of amides is 2. The largest absolute Gasteiger partial charge is 0.491 e. The number of aryl methyl sites for hydroxylation is 2.